The van der Waals surface area contributed by atoms with E-state index < -0.39 is 51.1 Å². The van der Waals surface area contributed by atoms with Gasteiger partial charge in [-0.3, -0.25) is 0 Å². The fraction of sp³-hybridized carbons (Fsp3) is 0.250. The number of hydrogen-bond donors (Lipinski definition) is 0. The standard InChI is InChI=1S/C18H12FN2O.C18H24GeN.Ir/c1-10-8-16(20-9-15(10)19)14-5-3-4-12-13-7-6-11(2)21-18(13)22-17(12)14;1-13(2)16-11-18(15-9-7-14(3)8-10-15)20-12-17(16)19(4,5)6;/h3-4,6-9H,1-2H3;7-9,11-13H,1-6H3;/q2*-1;/i1D3,2D3;3D3,13D;. The minimum atomic E-state index is -2.64. The van der Waals surface area contributed by atoms with Crippen molar-refractivity contribution in [3.63, 3.8) is 0 Å². The van der Waals surface area contributed by atoms with Gasteiger partial charge < -0.3 is 9.40 Å². The number of pyridine rings is 3. The van der Waals surface area contributed by atoms with Crippen molar-refractivity contribution in [3.8, 4) is 22.5 Å². The molecule has 0 fully saturated rings. The van der Waals surface area contributed by atoms with Gasteiger partial charge in [-0.25, -0.2) is 9.37 Å². The van der Waals surface area contributed by atoms with Crippen LogP contribution in [0.3, 0.4) is 0 Å². The number of halogens is 1. The number of fused-ring (bicyclic) bond motifs is 3. The van der Waals surface area contributed by atoms with E-state index in [1.54, 1.807) is 30.3 Å². The first-order valence-corrected chi connectivity index (χ1v) is 20.6. The Morgan fingerprint density at radius 2 is 1.74 bits per heavy atom. The Kier molecular flexibility index (Phi) is 6.61. The average molecular weight is 821 g/mol. The molecular formula is C36H36FGeIrN3O-2. The first-order chi connectivity index (χ1) is 23.9. The molecule has 4 heterocycles. The van der Waals surface area contributed by atoms with Crippen LogP contribution >= 0.6 is 0 Å². The summed E-state index contributed by atoms with van der Waals surface area (Å²) >= 11 is -2.14. The smallest absolute Gasteiger partial charge is 0.216 e. The zero-order valence-corrected chi connectivity index (χ0v) is 28.8. The van der Waals surface area contributed by atoms with Gasteiger partial charge in [0.1, 0.15) is 5.82 Å². The summed E-state index contributed by atoms with van der Waals surface area (Å²) in [6.45, 7) is -3.36. The van der Waals surface area contributed by atoms with Gasteiger partial charge in [-0.1, -0.05) is 17.0 Å². The molecule has 4 aromatic heterocycles. The number of aryl methyl sites for hydroxylation is 3. The maximum atomic E-state index is 13.9. The Morgan fingerprint density at radius 1 is 0.930 bits per heavy atom. The number of rotatable bonds is 4. The van der Waals surface area contributed by atoms with Gasteiger partial charge in [0.25, 0.3) is 0 Å². The largest absolute Gasteiger partial charge is 0.486 e. The maximum Gasteiger partial charge on any atom is 0.216 e. The number of aromatic nitrogens is 3. The summed E-state index contributed by atoms with van der Waals surface area (Å²) in [4.78, 5) is 12.6. The summed E-state index contributed by atoms with van der Waals surface area (Å²) in [7, 11) is 0. The molecule has 0 aliphatic heterocycles. The molecule has 4 nitrogen and oxygen atoms in total. The van der Waals surface area contributed by atoms with E-state index in [2.05, 4.69) is 44.4 Å². The summed E-state index contributed by atoms with van der Waals surface area (Å²) in [5.41, 5.74) is 3.15. The summed E-state index contributed by atoms with van der Waals surface area (Å²) in [5, 5.41) is 1.23. The van der Waals surface area contributed by atoms with Gasteiger partial charge in [-0.05, 0) is 37.1 Å². The van der Waals surface area contributed by atoms with Gasteiger partial charge in [-0.2, -0.15) is 0 Å². The number of furan rings is 1. The Hall–Kier alpha value is -3.19. The molecular weight excluding hydrogens is 774 g/mol. The fourth-order valence-corrected chi connectivity index (χ4v) is 7.91. The van der Waals surface area contributed by atoms with Crippen molar-refractivity contribution in [2.45, 2.75) is 57.6 Å². The monoisotopic (exact) mass is 822 g/mol. The van der Waals surface area contributed by atoms with E-state index in [0.717, 1.165) is 29.1 Å². The van der Waals surface area contributed by atoms with Crippen LogP contribution in [0.1, 0.15) is 55.8 Å². The average Bonchev–Trinajstić information content (AvgIpc) is 3.41. The molecule has 0 bridgehead atoms. The van der Waals surface area contributed by atoms with Crippen LogP contribution in [0.2, 0.25) is 17.3 Å². The first-order valence-electron chi connectivity index (χ1n) is 18.3. The molecule has 6 aromatic rings. The van der Waals surface area contributed by atoms with E-state index in [1.165, 1.54) is 16.5 Å². The second-order valence-electron chi connectivity index (χ2n) is 11.2. The SMILES string of the molecule is [2H]C([2H])([2H])c1c[c-]c(-c2cc(C([2H])(C)C)[c]([Ge]([CH3])([CH3])[CH3])cn2)cc1.[2H]C([2H])([2H])c1ccc2c(n1)oc1c(-c3cc(C([2H])([2H])[2H])c(F)cn3)[c-]ccc12.[Ir]. The fourth-order valence-electron chi connectivity index (χ4n) is 4.59. The summed E-state index contributed by atoms with van der Waals surface area (Å²) < 4.78 is 96.6. The van der Waals surface area contributed by atoms with Crippen LogP contribution in [-0.4, -0.2) is 28.2 Å². The third-order valence-corrected chi connectivity index (χ3v) is 11.0. The quantitative estimate of drug-likeness (QED) is 0.132. The molecule has 223 valence electrons. The molecule has 6 rings (SSSR count). The predicted octanol–water partition coefficient (Wildman–Crippen LogP) is 9.12. The molecule has 1 radical (unpaired) electrons. The van der Waals surface area contributed by atoms with Crippen molar-refractivity contribution in [2.24, 2.45) is 0 Å². The van der Waals surface area contributed by atoms with Crippen LogP contribution in [0.4, 0.5) is 4.39 Å². The summed E-state index contributed by atoms with van der Waals surface area (Å²) in [5.74, 6) is 5.25. The summed E-state index contributed by atoms with van der Waals surface area (Å²) in [6.07, 6.45) is 2.75. The van der Waals surface area contributed by atoms with Gasteiger partial charge in [-0.15, -0.1) is 18.2 Å². The first kappa shape index (κ1) is 21.5. The van der Waals surface area contributed by atoms with Gasteiger partial charge in [0.2, 0.25) is 5.71 Å². The number of nitrogens with zero attached hydrogens (tertiary/aromatic N) is 3. The zero-order valence-electron chi connectivity index (χ0n) is 34.3. The van der Waals surface area contributed by atoms with E-state index in [4.69, 9.17) is 18.1 Å². The second kappa shape index (κ2) is 13.2. The minimum absolute atomic E-state index is 0. The molecule has 0 saturated carbocycles. The van der Waals surface area contributed by atoms with Crippen LogP contribution in [-0.2, 0) is 20.1 Å². The predicted molar refractivity (Wildman–Crippen MR) is 173 cm³/mol. The van der Waals surface area contributed by atoms with Crippen molar-refractivity contribution in [1.82, 2.24) is 15.0 Å². The molecule has 0 aliphatic rings. The van der Waals surface area contributed by atoms with Crippen molar-refractivity contribution in [1.29, 1.82) is 0 Å². The second-order valence-corrected chi connectivity index (χ2v) is 21.7. The minimum Gasteiger partial charge on any atom is -0.486 e. The molecule has 0 amide bonds. The molecule has 43 heavy (non-hydrogen) atoms. The van der Waals surface area contributed by atoms with Crippen LogP contribution in [0, 0.1) is 38.5 Å². The van der Waals surface area contributed by atoms with E-state index in [9.17, 15) is 4.39 Å². The maximum absolute atomic E-state index is 13.9. The molecule has 0 N–H and O–H groups in total. The Labute approximate surface area is 284 Å². The van der Waals surface area contributed by atoms with E-state index >= 15 is 0 Å². The molecule has 0 spiro atoms. The van der Waals surface area contributed by atoms with Crippen LogP contribution < -0.4 is 4.40 Å². The van der Waals surface area contributed by atoms with Crippen LogP contribution in [0.5, 0.6) is 0 Å². The number of hydrogen-bond acceptors (Lipinski definition) is 4. The van der Waals surface area contributed by atoms with E-state index in [0.29, 0.717) is 21.9 Å². The Morgan fingerprint density at radius 3 is 2.42 bits per heavy atom. The molecule has 0 atom stereocenters. The van der Waals surface area contributed by atoms with Crippen molar-refractivity contribution >= 4 is 39.7 Å². The third-order valence-electron chi connectivity index (χ3n) is 6.75. The van der Waals surface area contributed by atoms with Crippen molar-refractivity contribution < 1.29 is 42.6 Å². The van der Waals surface area contributed by atoms with Gasteiger partial charge in [0.05, 0.1) is 11.8 Å². The van der Waals surface area contributed by atoms with E-state index in [1.807, 2.05) is 26.1 Å². The zero-order chi connectivity index (χ0) is 38.6. The Balaban J connectivity index is 0.000000235. The normalized spacial score (nSPS) is 16.0. The molecule has 0 aliphatic carbocycles. The summed E-state index contributed by atoms with van der Waals surface area (Å²) in [6, 6.07) is 20.2. The molecule has 0 saturated heterocycles. The molecule has 0 unspecified atom stereocenters. The van der Waals surface area contributed by atoms with Gasteiger partial charge in [0, 0.05) is 39.4 Å². The van der Waals surface area contributed by atoms with Crippen molar-refractivity contribution in [2.75, 3.05) is 0 Å². The number of benzene rings is 2. The van der Waals surface area contributed by atoms with Gasteiger partial charge in [0.15, 0.2) is 0 Å². The van der Waals surface area contributed by atoms with Crippen LogP contribution in [0.25, 0.3) is 44.6 Å². The molecule has 7 heteroatoms. The third kappa shape index (κ3) is 7.14. The Bertz CT molecular complexity index is 2260. The van der Waals surface area contributed by atoms with Crippen LogP contribution in [0.15, 0.2) is 71.4 Å². The topological polar surface area (TPSA) is 51.8 Å². The van der Waals surface area contributed by atoms with E-state index in [-0.39, 0.29) is 42.8 Å². The molecule has 2 aromatic carbocycles. The van der Waals surface area contributed by atoms with Crippen molar-refractivity contribution in [3.05, 3.63) is 107 Å². The van der Waals surface area contributed by atoms with Gasteiger partial charge >= 0.3 is 131 Å².